The van der Waals surface area contributed by atoms with Gasteiger partial charge in [0.25, 0.3) is 11.9 Å². The molecule has 0 saturated heterocycles. The molecule has 1 aliphatic carbocycles. The molecule has 164 valence electrons. The Kier molecular flexibility index (Phi) is 7.76. The molecule has 1 aromatic rings. The van der Waals surface area contributed by atoms with Crippen LogP contribution in [-0.4, -0.2) is 50.1 Å². The first-order valence-electron chi connectivity index (χ1n) is 10.4. The number of nitrogens with zero attached hydrogens (tertiary/aromatic N) is 4. The topological polar surface area (TPSA) is 120 Å². The second kappa shape index (κ2) is 9.67. The molecule has 0 radical (unpaired) electrons. The standard InChI is InChI=1S/C20H34N4O5/c1-13(2)10-11-15(25)17(26)24(28)19(27)23(12-20(3,4)5)18-21-16(29-22-18)14-8-6-7-9-14/h13-15,25,28H,6-12H2,1-5H3/t15-/m0/s1. The molecule has 9 nitrogen and oxygen atoms in total. The Labute approximate surface area is 172 Å². The second-order valence-corrected chi connectivity index (χ2v) is 9.48. The molecule has 2 rings (SSSR count). The lowest BCUT2D eigenvalue weighted by molar-refractivity contribution is -0.162. The molecule has 0 aromatic carbocycles. The normalized spacial score (nSPS) is 16.3. The summed E-state index contributed by atoms with van der Waals surface area (Å²) in [6.45, 7) is 9.80. The number of carbonyl (C=O) groups is 2. The number of imide groups is 1. The van der Waals surface area contributed by atoms with Crippen LogP contribution in [0.5, 0.6) is 0 Å². The van der Waals surface area contributed by atoms with Crippen LogP contribution in [-0.2, 0) is 4.79 Å². The van der Waals surface area contributed by atoms with Crippen molar-refractivity contribution in [2.75, 3.05) is 11.4 Å². The van der Waals surface area contributed by atoms with Crippen LogP contribution in [0.4, 0.5) is 10.7 Å². The van der Waals surface area contributed by atoms with Crippen LogP contribution in [0.3, 0.4) is 0 Å². The average molecular weight is 411 g/mol. The van der Waals surface area contributed by atoms with E-state index in [4.69, 9.17) is 4.52 Å². The first-order chi connectivity index (χ1) is 13.5. The van der Waals surface area contributed by atoms with E-state index in [9.17, 15) is 19.9 Å². The zero-order valence-electron chi connectivity index (χ0n) is 18.1. The van der Waals surface area contributed by atoms with Gasteiger partial charge in [-0.2, -0.15) is 4.98 Å². The van der Waals surface area contributed by atoms with E-state index >= 15 is 0 Å². The van der Waals surface area contributed by atoms with E-state index in [1.807, 2.05) is 34.6 Å². The van der Waals surface area contributed by atoms with Gasteiger partial charge in [-0.1, -0.05) is 47.5 Å². The van der Waals surface area contributed by atoms with Crippen LogP contribution in [0.1, 0.15) is 85.0 Å². The van der Waals surface area contributed by atoms with E-state index in [0.717, 1.165) is 30.6 Å². The van der Waals surface area contributed by atoms with Gasteiger partial charge in [-0.05, 0) is 42.2 Å². The van der Waals surface area contributed by atoms with Crippen molar-refractivity contribution in [1.29, 1.82) is 0 Å². The minimum Gasteiger partial charge on any atom is -0.383 e. The van der Waals surface area contributed by atoms with E-state index in [2.05, 4.69) is 10.1 Å². The number of aromatic nitrogens is 2. The molecule has 0 aliphatic heterocycles. The molecule has 1 aliphatic rings. The van der Waals surface area contributed by atoms with Gasteiger partial charge in [-0.3, -0.25) is 14.9 Å². The van der Waals surface area contributed by atoms with Crippen molar-refractivity contribution in [2.24, 2.45) is 11.3 Å². The van der Waals surface area contributed by atoms with Gasteiger partial charge in [0.1, 0.15) is 6.10 Å². The van der Waals surface area contributed by atoms with Crippen molar-refractivity contribution < 1.29 is 24.4 Å². The quantitative estimate of drug-likeness (QED) is 0.519. The Hall–Kier alpha value is -2.00. The third kappa shape index (κ3) is 6.50. The smallest absolute Gasteiger partial charge is 0.358 e. The zero-order chi connectivity index (χ0) is 21.8. The Morgan fingerprint density at radius 1 is 1.21 bits per heavy atom. The largest absolute Gasteiger partial charge is 0.383 e. The molecular formula is C20H34N4O5. The highest BCUT2D eigenvalue weighted by Gasteiger charge is 2.35. The summed E-state index contributed by atoms with van der Waals surface area (Å²) in [5.74, 6) is -0.125. The molecule has 1 saturated carbocycles. The highest BCUT2D eigenvalue weighted by atomic mass is 16.5. The summed E-state index contributed by atoms with van der Waals surface area (Å²) in [4.78, 5) is 30.7. The molecule has 29 heavy (non-hydrogen) atoms. The molecule has 0 bridgehead atoms. The molecular weight excluding hydrogens is 376 g/mol. The fourth-order valence-electron chi connectivity index (χ4n) is 3.34. The summed E-state index contributed by atoms with van der Waals surface area (Å²) in [6.07, 6.45) is 3.41. The SMILES string of the molecule is CC(C)CC[C@H](O)C(=O)N(O)C(=O)N(CC(C)(C)C)c1noc(C2CCCC2)n1. The van der Waals surface area contributed by atoms with Gasteiger partial charge in [-0.15, -0.1) is 5.06 Å². The number of hydrogen-bond donors (Lipinski definition) is 2. The molecule has 1 atom stereocenters. The fourth-order valence-corrected chi connectivity index (χ4v) is 3.34. The van der Waals surface area contributed by atoms with Crippen molar-refractivity contribution in [2.45, 2.75) is 85.2 Å². The lowest BCUT2D eigenvalue weighted by Gasteiger charge is -2.29. The third-order valence-corrected chi connectivity index (χ3v) is 4.93. The predicted octanol–water partition coefficient (Wildman–Crippen LogP) is 3.71. The molecule has 1 fully saturated rings. The number of aliphatic hydroxyl groups is 1. The molecule has 0 unspecified atom stereocenters. The van der Waals surface area contributed by atoms with Crippen LogP contribution in [0.25, 0.3) is 0 Å². The summed E-state index contributed by atoms with van der Waals surface area (Å²) >= 11 is 0. The van der Waals surface area contributed by atoms with Gasteiger partial charge in [0.05, 0.1) is 0 Å². The maximum Gasteiger partial charge on any atom is 0.358 e. The highest BCUT2D eigenvalue weighted by molar-refractivity contribution is 6.01. The Morgan fingerprint density at radius 2 is 1.83 bits per heavy atom. The summed E-state index contributed by atoms with van der Waals surface area (Å²) in [7, 11) is 0. The van der Waals surface area contributed by atoms with Gasteiger partial charge in [0.2, 0.25) is 5.89 Å². The number of anilines is 1. The minimum absolute atomic E-state index is 0.00958. The van der Waals surface area contributed by atoms with Crippen LogP contribution < -0.4 is 4.90 Å². The number of amides is 3. The van der Waals surface area contributed by atoms with Crippen LogP contribution in [0.2, 0.25) is 0 Å². The summed E-state index contributed by atoms with van der Waals surface area (Å²) in [5.41, 5.74) is -0.357. The number of rotatable bonds is 7. The van der Waals surface area contributed by atoms with E-state index in [1.54, 1.807) is 0 Å². The molecule has 3 amide bonds. The van der Waals surface area contributed by atoms with Crippen LogP contribution in [0, 0.1) is 11.3 Å². The Morgan fingerprint density at radius 3 is 2.38 bits per heavy atom. The lowest BCUT2D eigenvalue weighted by atomic mass is 9.96. The maximum atomic E-state index is 12.9. The molecule has 2 N–H and O–H groups in total. The highest BCUT2D eigenvalue weighted by Crippen LogP contribution is 2.34. The number of urea groups is 1. The van der Waals surface area contributed by atoms with E-state index in [-0.39, 0.29) is 41.2 Å². The first-order valence-corrected chi connectivity index (χ1v) is 10.4. The zero-order valence-corrected chi connectivity index (χ0v) is 18.1. The van der Waals surface area contributed by atoms with Crippen molar-refractivity contribution in [3.8, 4) is 0 Å². The van der Waals surface area contributed by atoms with E-state index in [0.29, 0.717) is 12.3 Å². The van der Waals surface area contributed by atoms with Gasteiger partial charge in [-0.25, -0.2) is 4.79 Å². The average Bonchev–Trinajstić information content (AvgIpc) is 3.32. The monoisotopic (exact) mass is 410 g/mol. The Balaban J connectivity index is 2.18. The van der Waals surface area contributed by atoms with Crippen molar-refractivity contribution in [3.05, 3.63) is 5.89 Å². The van der Waals surface area contributed by atoms with Crippen LogP contribution >= 0.6 is 0 Å². The van der Waals surface area contributed by atoms with Gasteiger partial charge in [0.15, 0.2) is 0 Å². The third-order valence-electron chi connectivity index (χ3n) is 4.93. The van der Waals surface area contributed by atoms with Crippen molar-refractivity contribution in [1.82, 2.24) is 15.2 Å². The van der Waals surface area contributed by atoms with Crippen molar-refractivity contribution >= 4 is 17.9 Å². The summed E-state index contributed by atoms with van der Waals surface area (Å²) in [6, 6.07) is -1.01. The molecule has 9 heteroatoms. The van der Waals surface area contributed by atoms with Crippen LogP contribution in [0.15, 0.2) is 4.52 Å². The van der Waals surface area contributed by atoms with E-state index < -0.39 is 18.0 Å². The second-order valence-electron chi connectivity index (χ2n) is 9.48. The minimum atomic E-state index is -1.46. The van der Waals surface area contributed by atoms with E-state index in [1.165, 1.54) is 0 Å². The fraction of sp³-hybridized carbons (Fsp3) is 0.800. The lowest BCUT2D eigenvalue weighted by Crippen LogP contribution is -2.50. The van der Waals surface area contributed by atoms with Gasteiger partial charge < -0.3 is 9.63 Å². The van der Waals surface area contributed by atoms with Gasteiger partial charge in [0, 0.05) is 12.5 Å². The molecule has 1 aromatic heterocycles. The molecule has 1 heterocycles. The van der Waals surface area contributed by atoms with Gasteiger partial charge >= 0.3 is 6.03 Å². The summed E-state index contributed by atoms with van der Waals surface area (Å²) in [5, 5.41) is 24.1. The number of hydrogen-bond acceptors (Lipinski definition) is 7. The van der Waals surface area contributed by atoms with Crippen molar-refractivity contribution in [3.63, 3.8) is 0 Å². The maximum absolute atomic E-state index is 12.9. The first kappa shape index (κ1) is 23.3. The number of aliphatic hydroxyl groups excluding tert-OH is 1. The number of hydroxylamine groups is 2. The molecule has 0 spiro atoms. The Bertz CT molecular complexity index is 691. The number of carbonyl (C=O) groups excluding carboxylic acids is 2. The summed E-state index contributed by atoms with van der Waals surface area (Å²) < 4.78 is 5.36. The predicted molar refractivity (Wildman–Crippen MR) is 106 cm³/mol.